The van der Waals surface area contributed by atoms with Crippen molar-refractivity contribution in [1.29, 1.82) is 0 Å². The predicted molar refractivity (Wildman–Crippen MR) is 77.7 cm³/mol. The number of ether oxygens (including phenoxy) is 1. The Balaban J connectivity index is 1.86. The maximum atomic E-state index is 9.93. The van der Waals surface area contributed by atoms with Crippen LogP contribution in [0.15, 0.2) is 18.2 Å². The Morgan fingerprint density at radius 3 is 2.89 bits per heavy atom. The van der Waals surface area contributed by atoms with E-state index in [2.05, 4.69) is 5.32 Å². The standard InChI is InChI=1S/C15H22ClNO2/c1-19-15-7-6-13(16)8-12(15)10-17-9-11-4-2-3-5-14(11)18/h6-8,11,14,17-18H,2-5,9-10H2,1H3. The number of methoxy groups -OCH3 is 1. The van der Waals surface area contributed by atoms with E-state index in [-0.39, 0.29) is 6.10 Å². The molecule has 2 N–H and O–H groups in total. The summed E-state index contributed by atoms with van der Waals surface area (Å²) in [7, 11) is 1.66. The summed E-state index contributed by atoms with van der Waals surface area (Å²) in [6, 6.07) is 5.63. The van der Waals surface area contributed by atoms with Gasteiger partial charge in [0.25, 0.3) is 0 Å². The lowest BCUT2D eigenvalue weighted by Crippen LogP contribution is -2.33. The summed E-state index contributed by atoms with van der Waals surface area (Å²) in [5, 5.41) is 14.0. The van der Waals surface area contributed by atoms with Crippen molar-refractivity contribution in [1.82, 2.24) is 5.32 Å². The average Bonchev–Trinajstić information content (AvgIpc) is 2.41. The van der Waals surface area contributed by atoms with Crippen LogP contribution in [0.2, 0.25) is 5.02 Å². The summed E-state index contributed by atoms with van der Waals surface area (Å²) in [6.07, 6.45) is 4.28. The van der Waals surface area contributed by atoms with E-state index < -0.39 is 0 Å². The first-order valence-electron chi connectivity index (χ1n) is 6.92. The molecule has 2 rings (SSSR count). The summed E-state index contributed by atoms with van der Waals surface area (Å²) in [4.78, 5) is 0. The molecule has 106 valence electrons. The molecule has 1 aliphatic rings. The Labute approximate surface area is 119 Å². The molecule has 0 aliphatic heterocycles. The molecule has 0 heterocycles. The fraction of sp³-hybridized carbons (Fsp3) is 0.600. The van der Waals surface area contributed by atoms with Crippen LogP contribution in [0.25, 0.3) is 0 Å². The molecular formula is C15H22ClNO2. The van der Waals surface area contributed by atoms with E-state index >= 15 is 0 Å². The predicted octanol–water partition coefficient (Wildman–Crippen LogP) is 2.99. The van der Waals surface area contributed by atoms with Crippen molar-refractivity contribution in [2.24, 2.45) is 5.92 Å². The number of hydrogen-bond donors (Lipinski definition) is 2. The molecule has 0 aromatic heterocycles. The number of aliphatic hydroxyl groups excluding tert-OH is 1. The minimum absolute atomic E-state index is 0.150. The second kappa shape index (κ2) is 7.13. The highest BCUT2D eigenvalue weighted by atomic mass is 35.5. The number of nitrogens with one attached hydrogen (secondary N) is 1. The molecule has 2 atom stereocenters. The van der Waals surface area contributed by atoms with Crippen LogP contribution in [-0.4, -0.2) is 24.9 Å². The second-order valence-corrected chi connectivity index (χ2v) is 5.64. The molecule has 0 radical (unpaired) electrons. The van der Waals surface area contributed by atoms with E-state index in [1.807, 2.05) is 18.2 Å². The van der Waals surface area contributed by atoms with E-state index in [0.717, 1.165) is 42.1 Å². The van der Waals surface area contributed by atoms with E-state index in [0.29, 0.717) is 12.5 Å². The van der Waals surface area contributed by atoms with Crippen molar-refractivity contribution >= 4 is 11.6 Å². The summed E-state index contributed by atoms with van der Waals surface area (Å²) in [5.74, 6) is 1.22. The Morgan fingerprint density at radius 2 is 2.16 bits per heavy atom. The monoisotopic (exact) mass is 283 g/mol. The Morgan fingerprint density at radius 1 is 1.37 bits per heavy atom. The smallest absolute Gasteiger partial charge is 0.123 e. The van der Waals surface area contributed by atoms with Crippen LogP contribution in [0.5, 0.6) is 5.75 Å². The highest BCUT2D eigenvalue weighted by Gasteiger charge is 2.22. The van der Waals surface area contributed by atoms with Crippen molar-refractivity contribution < 1.29 is 9.84 Å². The maximum absolute atomic E-state index is 9.93. The Bertz CT molecular complexity index is 411. The molecule has 0 bridgehead atoms. The van der Waals surface area contributed by atoms with Crippen molar-refractivity contribution in [2.45, 2.75) is 38.3 Å². The molecule has 2 unspecified atom stereocenters. The minimum Gasteiger partial charge on any atom is -0.496 e. The number of hydrogen-bond acceptors (Lipinski definition) is 3. The van der Waals surface area contributed by atoms with Crippen LogP contribution >= 0.6 is 11.6 Å². The summed E-state index contributed by atoms with van der Waals surface area (Å²) < 4.78 is 5.32. The fourth-order valence-electron chi connectivity index (χ4n) is 2.70. The molecule has 3 nitrogen and oxygen atoms in total. The largest absolute Gasteiger partial charge is 0.496 e. The number of benzene rings is 1. The third kappa shape index (κ3) is 4.10. The third-order valence-corrected chi connectivity index (χ3v) is 4.07. The fourth-order valence-corrected chi connectivity index (χ4v) is 2.90. The van der Waals surface area contributed by atoms with Gasteiger partial charge in [0.1, 0.15) is 5.75 Å². The molecule has 1 fully saturated rings. The Hall–Kier alpha value is -0.770. The van der Waals surface area contributed by atoms with E-state index in [9.17, 15) is 5.11 Å². The average molecular weight is 284 g/mol. The molecule has 0 spiro atoms. The van der Waals surface area contributed by atoms with Crippen molar-refractivity contribution in [3.8, 4) is 5.75 Å². The van der Waals surface area contributed by atoms with Gasteiger partial charge in [0.2, 0.25) is 0 Å². The van der Waals surface area contributed by atoms with Gasteiger partial charge in [-0.15, -0.1) is 0 Å². The van der Waals surface area contributed by atoms with Gasteiger partial charge in [0, 0.05) is 23.7 Å². The highest BCUT2D eigenvalue weighted by molar-refractivity contribution is 6.30. The summed E-state index contributed by atoms with van der Waals surface area (Å²) >= 11 is 6.00. The first-order chi connectivity index (χ1) is 9.20. The molecule has 0 amide bonds. The van der Waals surface area contributed by atoms with E-state index in [1.54, 1.807) is 7.11 Å². The molecule has 19 heavy (non-hydrogen) atoms. The minimum atomic E-state index is -0.150. The van der Waals surface area contributed by atoms with Gasteiger partial charge in [0.15, 0.2) is 0 Å². The normalized spacial score (nSPS) is 23.3. The zero-order chi connectivity index (χ0) is 13.7. The third-order valence-electron chi connectivity index (χ3n) is 3.83. The maximum Gasteiger partial charge on any atom is 0.123 e. The van der Waals surface area contributed by atoms with Crippen LogP contribution in [-0.2, 0) is 6.54 Å². The van der Waals surface area contributed by atoms with Gasteiger partial charge in [-0.05, 0) is 37.0 Å². The highest BCUT2D eigenvalue weighted by Crippen LogP contribution is 2.25. The molecular weight excluding hydrogens is 262 g/mol. The van der Waals surface area contributed by atoms with Gasteiger partial charge in [-0.1, -0.05) is 24.4 Å². The van der Waals surface area contributed by atoms with Crippen molar-refractivity contribution in [3.63, 3.8) is 0 Å². The van der Waals surface area contributed by atoms with E-state index in [1.165, 1.54) is 6.42 Å². The van der Waals surface area contributed by atoms with Gasteiger partial charge in [0.05, 0.1) is 13.2 Å². The molecule has 1 saturated carbocycles. The number of halogens is 1. The van der Waals surface area contributed by atoms with E-state index in [4.69, 9.17) is 16.3 Å². The number of aliphatic hydroxyl groups is 1. The van der Waals surface area contributed by atoms with Gasteiger partial charge in [-0.3, -0.25) is 0 Å². The van der Waals surface area contributed by atoms with Crippen molar-refractivity contribution in [2.75, 3.05) is 13.7 Å². The second-order valence-electron chi connectivity index (χ2n) is 5.20. The summed E-state index contributed by atoms with van der Waals surface area (Å²) in [5.41, 5.74) is 1.06. The zero-order valence-electron chi connectivity index (χ0n) is 11.4. The first-order valence-corrected chi connectivity index (χ1v) is 7.29. The van der Waals surface area contributed by atoms with Crippen LogP contribution in [0.4, 0.5) is 0 Å². The van der Waals surface area contributed by atoms with Crippen LogP contribution in [0.1, 0.15) is 31.2 Å². The van der Waals surface area contributed by atoms with Crippen molar-refractivity contribution in [3.05, 3.63) is 28.8 Å². The summed E-state index contributed by atoms with van der Waals surface area (Å²) in [6.45, 7) is 1.56. The van der Waals surface area contributed by atoms with Crippen LogP contribution in [0, 0.1) is 5.92 Å². The SMILES string of the molecule is COc1ccc(Cl)cc1CNCC1CCCCC1O. The Kier molecular flexibility index (Phi) is 5.49. The number of rotatable bonds is 5. The van der Waals surface area contributed by atoms with Gasteiger partial charge in [-0.25, -0.2) is 0 Å². The first kappa shape index (κ1) is 14.6. The zero-order valence-corrected chi connectivity index (χ0v) is 12.1. The quantitative estimate of drug-likeness (QED) is 0.873. The van der Waals surface area contributed by atoms with Crippen LogP contribution in [0.3, 0.4) is 0 Å². The lowest BCUT2D eigenvalue weighted by Gasteiger charge is -2.27. The molecule has 4 heteroatoms. The van der Waals surface area contributed by atoms with Gasteiger partial charge < -0.3 is 15.2 Å². The molecule has 0 saturated heterocycles. The topological polar surface area (TPSA) is 41.5 Å². The van der Waals surface area contributed by atoms with Gasteiger partial charge in [-0.2, -0.15) is 0 Å². The molecule has 1 aromatic carbocycles. The lowest BCUT2D eigenvalue weighted by atomic mass is 9.86. The van der Waals surface area contributed by atoms with Gasteiger partial charge >= 0.3 is 0 Å². The lowest BCUT2D eigenvalue weighted by molar-refractivity contribution is 0.0695. The molecule has 1 aromatic rings. The van der Waals surface area contributed by atoms with Crippen LogP contribution < -0.4 is 10.1 Å². The molecule has 1 aliphatic carbocycles.